The number of halogens is 1. The highest BCUT2D eigenvalue weighted by molar-refractivity contribution is 6.30. The maximum atomic E-state index is 9.50. The van der Waals surface area contributed by atoms with Crippen LogP contribution >= 0.6 is 11.6 Å². The monoisotopic (exact) mass is 381 g/mol. The molecule has 140 valence electrons. The summed E-state index contributed by atoms with van der Waals surface area (Å²) in [5.41, 5.74) is 9.26. The Labute approximate surface area is 165 Å². The largest absolute Gasteiger partial charge is 0.483 e. The van der Waals surface area contributed by atoms with Crippen LogP contribution in [-0.4, -0.2) is 30.1 Å². The van der Waals surface area contributed by atoms with Gasteiger partial charge in [-0.3, -0.25) is 4.90 Å². The normalized spacial score (nSPS) is 25.4. The van der Waals surface area contributed by atoms with Crippen LogP contribution in [-0.2, 0) is 6.42 Å². The van der Waals surface area contributed by atoms with E-state index in [2.05, 4.69) is 35.2 Å². The number of ether oxygens (including phenoxy) is 1. The first-order valence-corrected chi connectivity index (χ1v) is 9.97. The van der Waals surface area contributed by atoms with Crippen LogP contribution in [0.15, 0.2) is 42.5 Å². The highest BCUT2D eigenvalue weighted by Crippen LogP contribution is 2.38. The molecule has 1 aliphatic carbocycles. The molecule has 2 N–H and O–H groups in total. The molecule has 2 aliphatic rings. The Morgan fingerprint density at radius 3 is 2.85 bits per heavy atom. The van der Waals surface area contributed by atoms with Crippen molar-refractivity contribution in [3.8, 4) is 11.8 Å². The van der Waals surface area contributed by atoms with Gasteiger partial charge in [0.1, 0.15) is 17.9 Å². The van der Waals surface area contributed by atoms with Crippen LogP contribution in [0.25, 0.3) is 0 Å². The van der Waals surface area contributed by atoms with Gasteiger partial charge in [-0.2, -0.15) is 5.26 Å². The molecule has 1 aliphatic heterocycles. The number of aryl methyl sites for hydroxylation is 1. The summed E-state index contributed by atoms with van der Waals surface area (Å²) < 4.78 is 6.50. The number of likely N-dealkylation sites (tertiary alicyclic amines) is 1. The Bertz CT molecular complexity index is 863. The number of nitriles is 1. The zero-order valence-electron chi connectivity index (χ0n) is 15.3. The average molecular weight is 382 g/mol. The Hall–Kier alpha value is -2.06. The van der Waals surface area contributed by atoms with E-state index < -0.39 is 0 Å². The van der Waals surface area contributed by atoms with Crippen LogP contribution in [0, 0.1) is 11.3 Å². The minimum Gasteiger partial charge on any atom is -0.483 e. The maximum absolute atomic E-state index is 9.50. The standard InChI is InChI=1S/C22H24ClN3O/c23-17-8-10-21(16(12-17)13-24)27-22-19-6-2-1-4-15(19)7-9-20(22)26-11-3-5-18(25)14-26/h1-2,4,6,8,10,12,18,20,22H,3,5,7,9,11,14,25H2/t18-,20+,22+/m1/s1. The summed E-state index contributed by atoms with van der Waals surface area (Å²) in [7, 11) is 0. The molecule has 2 aromatic carbocycles. The number of nitrogens with two attached hydrogens (primary N) is 1. The van der Waals surface area contributed by atoms with E-state index >= 15 is 0 Å². The summed E-state index contributed by atoms with van der Waals surface area (Å²) in [6, 6.07) is 16.4. The lowest BCUT2D eigenvalue weighted by Gasteiger charge is -2.43. The number of hydrogen-bond acceptors (Lipinski definition) is 4. The lowest BCUT2D eigenvalue weighted by molar-refractivity contribution is 0.0366. The van der Waals surface area contributed by atoms with Crippen molar-refractivity contribution in [2.24, 2.45) is 5.73 Å². The van der Waals surface area contributed by atoms with Crippen molar-refractivity contribution in [3.05, 3.63) is 64.2 Å². The summed E-state index contributed by atoms with van der Waals surface area (Å²) in [6.45, 7) is 1.95. The van der Waals surface area contributed by atoms with Gasteiger partial charge in [-0.05, 0) is 61.6 Å². The Balaban J connectivity index is 1.69. The van der Waals surface area contributed by atoms with E-state index in [-0.39, 0.29) is 18.2 Å². The first-order chi connectivity index (χ1) is 13.2. The quantitative estimate of drug-likeness (QED) is 0.870. The van der Waals surface area contributed by atoms with E-state index in [1.165, 1.54) is 11.1 Å². The van der Waals surface area contributed by atoms with Crippen LogP contribution in [0.5, 0.6) is 5.75 Å². The molecule has 1 saturated heterocycles. The van der Waals surface area contributed by atoms with Crippen LogP contribution < -0.4 is 10.5 Å². The summed E-state index contributed by atoms with van der Waals surface area (Å²) in [4.78, 5) is 2.48. The molecule has 27 heavy (non-hydrogen) atoms. The van der Waals surface area contributed by atoms with Gasteiger partial charge in [-0.25, -0.2) is 0 Å². The highest BCUT2D eigenvalue weighted by Gasteiger charge is 2.37. The minimum absolute atomic E-state index is 0.117. The Morgan fingerprint density at radius 1 is 1.19 bits per heavy atom. The molecular weight excluding hydrogens is 358 g/mol. The Kier molecular flexibility index (Phi) is 5.36. The van der Waals surface area contributed by atoms with E-state index in [1.807, 2.05) is 0 Å². The molecule has 4 nitrogen and oxygen atoms in total. The van der Waals surface area contributed by atoms with Gasteiger partial charge in [0.25, 0.3) is 0 Å². The summed E-state index contributed by atoms with van der Waals surface area (Å²) in [5.74, 6) is 0.593. The molecule has 0 amide bonds. The van der Waals surface area contributed by atoms with E-state index in [1.54, 1.807) is 18.2 Å². The van der Waals surface area contributed by atoms with E-state index in [4.69, 9.17) is 22.1 Å². The maximum Gasteiger partial charge on any atom is 0.139 e. The topological polar surface area (TPSA) is 62.3 Å². The predicted molar refractivity (Wildman–Crippen MR) is 107 cm³/mol. The van der Waals surface area contributed by atoms with Crippen LogP contribution in [0.2, 0.25) is 5.02 Å². The second kappa shape index (κ2) is 7.90. The molecule has 1 fully saturated rings. The molecule has 0 saturated carbocycles. The summed E-state index contributed by atoms with van der Waals surface area (Å²) in [6.07, 6.45) is 4.16. The summed E-state index contributed by atoms with van der Waals surface area (Å²) in [5, 5.41) is 10.0. The summed E-state index contributed by atoms with van der Waals surface area (Å²) >= 11 is 6.06. The number of nitrogens with zero attached hydrogens (tertiary/aromatic N) is 2. The van der Waals surface area contributed by atoms with Crippen molar-refractivity contribution in [3.63, 3.8) is 0 Å². The van der Waals surface area contributed by atoms with Gasteiger partial charge in [0.15, 0.2) is 0 Å². The number of rotatable bonds is 3. The SMILES string of the molecule is N#Cc1cc(Cl)ccc1O[C@H]1c2ccccc2CC[C@@H]1N1CCC[C@@H](N)C1. The second-order valence-electron chi connectivity index (χ2n) is 7.49. The number of benzene rings is 2. The van der Waals surface area contributed by atoms with Crippen molar-refractivity contribution in [2.45, 2.75) is 43.9 Å². The first kappa shape index (κ1) is 18.3. The molecule has 0 aromatic heterocycles. The van der Waals surface area contributed by atoms with Gasteiger partial charge in [-0.15, -0.1) is 0 Å². The van der Waals surface area contributed by atoms with Crippen molar-refractivity contribution < 1.29 is 4.74 Å². The first-order valence-electron chi connectivity index (χ1n) is 9.59. The molecule has 1 heterocycles. The number of piperidine rings is 1. The van der Waals surface area contributed by atoms with E-state index in [9.17, 15) is 5.26 Å². The van der Waals surface area contributed by atoms with E-state index in [0.717, 1.165) is 38.8 Å². The van der Waals surface area contributed by atoms with Crippen LogP contribution in [0.4, 0.5) is 0 Å². The molecule has 0 bridgehead atoms. The molecule has 3 atom stereocenters. The third kappa shape index (κ3) is 3.82. The molecule has 0 radical (unpaired) electrons. The van der Waals surface area contributed by atoms with Gasteiger partial charge in [0, 0.05) is 17.6 Å². The molecular formula is C22H24ClN3O. The third-order valence-corrected chi connectivity index (χ3v) is 5.93. The van der Waals surface area contributed by atoms with Gasteiger partial charge in [0.2, 0.25) is 0 Å². The zero-order valence-corrected chi connectivity index (χ0v) is 16.0. The molecule has 0 unspecified atom stereocenters. The number of hydrogen-bond donors (Lipinski definition) is 1. The van der Waals surface area contributed by atoms with Gasteiger partial charge < -0.3 is 10.5 Å². The predicted octanol–water partition coefficient (Wildman–Crippen LogP) is 4.07. The molecule has 4 rings (SSSR count). The smallest absolute Gasteiger partial charge is 0.139 e. The molecule has 5 heteroatoms. The van der Waals surface area contributed by atoms with Crippen molar-refractivity contribution in [1.29, 1.82) is 5.26 Å². The minimum atomic E-state index is -0.117. The number of fused-ring (bicyclic) bond motifs is 1. The second-order valence-corrected chi connectivity index (χ2v) is 7.93. The fraction of sp³-hybridized carbons (Fsp3) is 0.409. The molecule has 0 spiro atoms. The fourth-order valence-electron chi connectivity index (χ4n) is 4.39. The average Bonchev–Trinajstić information content (AvgIpc) is 2.69. The lowest BCUT2D eigenvalue weighted by atomic mass is 9.84. The van der Waals surface area contributed by atoms with Crippen molar-refractivity contribution >= 4 is 11.6 Å². The fourth-order valence-corrected chi connectivity index (χ4v) is 4.56. The lowest BCUT2D eigenvalue weighted by Crippen LogP contribution is -2.51. The van der Waals surface area contributed by atoms with Crippen LogP contribution in [0.3, 0.4) is 0 Å². The van der Waals surface area contributed by atoms with Crippen molar-refractivity contribution in [2.75, 3.05) is 13.1 Å². The van der Waals surface area contributed by atoms with Gasteiger partial charge in [0.05, 0.1) is 11.6 Å². The van der Waals surface area contributed by atoms with Gasteiger partial charge in [-0.1, -0.05) is 35.9 Å². The zero-order chi connectivity index (χ0) is 18.8. The van der Waals surface area contributed by atoms with Crippen LogP contribution in [0.1, 0.15) is 42.1 Å². The van der Waals surface area contributed by atoms with Gasteiger partial charge >= 0.3 is 0 Å². The third-order valence-electron chi connectivity index (χ3n) is 5.69. The molecule has 2 aromatic rings. The van der Waals surface area contributed by atoms with E-state index in [0.29, 0.717) is 16.3 Å². The Morgan fingerprint density at radius 2 is 2.04 bits per heavy atom. The van der Waals surface area contributed by atoms with Crippen molar-refractivity contribution in [1.82, 2.24) is 4.90 Å². The highest BCUT2D eigenvalue weighted by atomic mass is 35.5.